The van der Waals surface area contributed by atoms with E-state index in [-0.39, 0.29) is 0 Å². The number of aliphatic hydroxyl groups is 1. The average Bonchev–Trinajstić information content (AvgIpc) is 2.37. The van der Waals surface area contributed by atoms with E-state index < -0.39 is 6.10 Å². The molecule has 3 N–H and O–H groups in total. The van der Waals surface area contributed by atoms with Crippen LogP contribution in [0.25, 0.3) is 0 Å². The van der Waals surface area contributed by atoms with E-state index in [1.807, 2.05) is 24.3 Å². The van der Waals surface area contributed by atoms with Gasteiger partial charge in [-0.3, -0.25) is 0 Å². The fraction of sp³-hybridized carbons (Fsp3) is 0.538. The average molecular weight is 255 g/mol. The molecule has 0 amide bonds. The third-order valence-corrected chi connectivity index (χ3v) is 3.41. The Balaban J connectivity index is 1.82. The maximum atomic E-state index is 10.0. The van der Waals surface area contributed by atoms with Crippen molar-refractivity contribution in [3.63, 3.8) is 0 Å². The van der Waals surface area contributed by atoms with Crippen molar-refractivity contribution in [2.75, 3.05) is 19.6 Å². The van der Waals surface area contributed by atoms with E-state index in [0.717, 1.165) is 31.5 Å². The van der Waals surface area contributed by atoms with E-state index in [0.29, 0.717) is 17.6 Å². The highest BCUT2D eigenvalue weighted by atomic mass is 35.5. The van der Waals surface area contributed by atoms with Crippen LogP contribution in [0.15, 0.2) is 24.3 Å². The van der Waals surface area contributed by atoms with E-state index in [1.54, 1.807) is 0 Å². The van der Waals surface area contributed by atoms with Crippen molar-refractivity contribution in [3.8, 4) is 0 Å². The molecule has 1 heterocycles. The van der Waals surface area contributed by atoms with Gasteiger partial charge in [-0.25, -0.2) is 0 Å². The molecular weight excluding hydrogens is 236 g/mol. The van der Waals surface area contributed by atoms with Crippen LogP contribution in [0.3, 0.4) is 0 Å². The van der Waals surface area contributed by atoms with Gasteiger partial charge < -0.3 is 15.7 Å². The highest BCUT2D eigenvalue weighted by molar-refractivity contribution is 6.30. The molecule has 94 valence electrons. The predicted molar refractivity (Wildman–Crippen MR) is 70.3 cm³/mol. The molecule has 3 nitrogen and oxygen atoms in total. The predicted octanol–water partition coefficient (Wildman–Crippen LogP) is 1.71. The molecule has 4 heteroatoms. The van der Waals surface area contributed by atoms with Crippen molar-refractivity contribution in [2.45, 2.75) is 25.0 Å². The second kappa shape index (κ2) is 6.36. The lowest BCUT2D eigenvalue weighted by Crippen LogP contribution is -2.41. The first kappa shape index (κ1) is 12.8. The van der Waals surface area contributed by atoms with Crippen LogP contribution >= 0.6 is 11.6 Å². The Morgan fingerprint density at radius 1 is 1.41 bits per heavy atom. The van der Waals surface area contributed by atoms with Crippen molar-refractivity contribution >= 4 is 11.6 Å². The quantitative estimate of drug-likeness (QED) is 0.767. The standard InChI is InChI=1S/C13H19ClN2O/c14-11-3-1-2-10(8-11)13(17)9-16-12-4-6-15-7-5-12/h1-3,8,12-13,15-17H,4-7,9H2/t13-/m0/s1. The number of aliphatic hydroxyl groups excluding tert-OH is 1. The molecule has 1 atom stereocenters. The zero-order valence-electron chi connectivity index (χ0n) is 9.82. The van der Waals surface area contributed by atoms with E-state index in [2.05, 4.69) is 10.6 Å². The number of hydrogen-bond donors (Lipinski definition) is 3. The minimum Gasteiger partial charge on any atom is -0.387 e. The Morgan fingerprint density at radius 3 is 2.88 bits per heavy atom. The normalized spacial score (nSPS) is 19.2. The van der Waals surface area contributed by atoms with Gasteiger partial charge in [-0.05, 0) is 43.6 Å². The van der Waals surface area contributed by atoms with Crippen molar-refractivity contribution in [3.05, 3.63) is 34.9 Å². The van der Waals surface area contributed by atoms with Crippen molar-refractivity contribution in [2.24, 2.45) is 0 Å². The molecule has 0 spiro atoms. The fourth-order valence-corrected chi connectivity index (χ4v) is 2.33. The molecule has 1 aliphatic heterocycles. The fourth-order valence-electron chi connectivity index (χ4n) is 2.14. The van der Waals surface area contributed by atoms with E-state index >= 15 is 0 Å². The van der Waals surface area contributed by atoms with E-state index in [9.17, 15) is 5.11 Å². The molecule has 0 bridgehead atoms. The Bertz CT molecular complexity index is 353. The van der Waals surface area contributed by atoms with Crippen LogP contribution in [-0.4, -0.2) is 30.8 Å². The topological polar surface area (TPSA) is 44.3 Å². The second-order valence-electron chi connectivity index (χ2n) is 4.50. The van der Waals surface area contributed by atoms with Gasteiger partial charge in [0.05, 0.1) is 6.10 Å². The summed E-state index contributed by atoms with van der Waals surface area (Å²) in [5.41, 5.74) is 0.874. The molecule has 1 aliphatic rings. The van der Waals surface area contributed by atoms with Crippen LogP contribution < -0.4 is 10.6 Å². The van der Waals surface area contributed by atoms with Crippen LogP contribution in [0.4, 0.5) is 0 Å². The minimum atomic E-state index is -0.483. The van der Waals surface area contributed by atoms with Gasteiger partial charge in [0.1, 0.15) is 0 Å². The van der Waals surface area contributed by atoms with Crippen LogP contribution in [0.5, 0.6) is 0 Å². The van der Waals surface area contributed by atoms with Gasteiger partial charge >= 0.3 is 0 Å². The first-order valence-electron chi connectivity index (χ1n) is 6.13. The molecule has 1 aromatic rings. The van der Waals surface area contributed by atoms with Crippen molar-refractivity contribution in [1.29, 1.82) is 0 Å². The SMILES string of the molecule is O[C@@H](CNC1CCNCC1)c1cccc(Cl)c1. The summed E-state index contributed by atoms with van der Waals surface area (Å²) in [5, 5.41) is 17.4. The number of hydrogen-bond acceptors (Lipinski definition) is 3. The van der Waals surface area contributed by atoms with Gasteiger partial charge in [0, 0.05) is 17.6 Å². The highest BCUT2D eigenvalue weighted by Crippen LogP contribution is 2.17. The molecule has 2 rings (SSSR count). The summed E-state index contributed by atoms with van der Waals surface area (Å²) in [7, 11) is 0. The van der Waals surface area contributed by atoms with Crippen molar-refractivity contribution < 1.29 is 5.11 Å². The number of halogens is 1. The molecule has 0 radical (unpaired) electrons. The number of nitrogens with one attached hydrogen (secondary N) is 2. The maximum absolute atomic E-state index is 10.0. The van der Waals surface area contributed by atoms with Gasteiger partial charge in [-0.15, -0.1) is 0 Å². The molecule has 17 heavy (non-hydrogen) atoms. The van der Waals surface area contributed by atoms with Crippen LogP contribution in [0.1, 0.15) is 24.5 Å². The Morgan fingerprint density at radius 2 is 2.18 bits per heavy atom. The monoisotopic (exact) mass is 254 g/mol. The Kier molecular flexibility index (Phi) is 4.80. The summed E-state index contributed by atoms with van der Waals surface area (Å²) in [4.78, 5) is 0. The van der Waals surface area contributed by atoms with Crippen LogP contribution in [-0.2, 0) is 0 Å². The zero-order chi connectivity index (χ0) is 12.1. The lowest BCUT2D eigenvalue weighted by molar-refractivity contribution is 0.166. The smallest absolute Gasteiger partial charge is 0.0914 e. The van der Waals surface area contributed by atoms with E-state index in [4.69, 9.17) is 11.6 Å². The largest absolute Gasteiger partial charge is 0.387 e. The number of rotatable bonds is 4. The van der Waals surface area contributed by atoms with Gasteiger partial charge in [-0.1, -0.05) is 23.7 Å². The lowest BCUT2D eigenvalue weighted by atomic mass is 10.1. The third kappa shape index (κ3) is 3.96. The van der Waals surface area contributed by atoms with Crippen LogP contribution in [0, 0.1) is 0 Å². The molecule has 0 saturated carbocycles. The van der Waals surface area contributed by atoms with Crippen molar-refractivity contribution in [1.82, 2.24) is 10.6 Å². The molecule has 0 aliphatic carbocycles. The Labute approximate surface area is 107 Å². The first-order valence-corrected chi connectivity index (χ1v) is 6.51. The first-order chi connectivity index (χ1) is 8.25. The molecule has 1 fully saturated rings. The van der Waals surface area contributed by atoms with Crippen LogP contribution in [0.2, 0.25) is 5.02 Å². The summed E-state index contributed by atoms with van der Waals surface area (Å²) in [6, 6.07) is 7.92. The molecule has 0 unspecified atom stereocenters. The Hall–Kier alpha value is -0.610. The maximum Gasteiger partial charge on any atom is 0.0914 e. The molecule has 0 aromatic heterocycles. The minimum absolute atomic E-state index is 0.483. The summed E-state index contributed by atoms with van der Waals surface area (Å²) >= 11 is 5.90. The van der Waals surface area contributed by atoms with Gasteiger partial charge in [0.2, 0.25) is 0 Å². The number of benzene rings is 1. The third-order valence-electron chi connectivity index (χ3n) is 3.17. The summed E-state index contributed by atoms with van der Waals surface area (Å²) in [6.45, 7) is 2.71. The summed E-state index contributed by atoms with van der Waals surface area (Å²) in [5.74, 6) is 0. The molecule has 1 aromatic carbocycles. The van der Waals surface area contributed by atoms with Gasteiger partial charge in [0.25, 0.3) is 0 Å². The summed E-state index contributed by atoms with van der Waals surface area (Å²) < 4.78 is 0. The lowest BCUT2D eigenvalue weighted by Gasteiger charge is -2.25. The molecular formula is C13H19ClN2O. The number of piperidine rings is 1. The van der Waals surface area contributed by atoms with E-state index in [1.165, 1.54) is 0 Å². The summed E-state index contributed by atoms with van der Waals surface area (Å²) in [6.07, 6.45) is 1.77. The van der Waals surface area contributed by atoms with Gasteiger partial charge in [0.15, 0.2) is 0 Å². The molecule has 1 saturated heterocycles. The van der Waals surface area contributed by atoms with Gasteiger partial charge in [-0.2, -0.15) is 0 Å². The zero-order valence-corrected chi connectivity index (χ0v) is 10.6. The second-order valence-corrected chi connectivity index (χ2v) is 4.94. The highest BCUT2D eigenvalue weighted by Gasteiger charge is 2.14.